The van der Waals surface area contributed by atoms with Crippen molar-refractivity contribution in [1.82, 2.24) is 9.97 Å². The molecule has 0 saturated heterocycles. The topological polar surface area (TPSA) is 55.0 Å². The summed E-state index contributed by atoms with van der Waals surface area (Å²) in [6.07, 6.45) is 0.568. The Morgan fingerprint density at radius 3 is 2.61 bits per heavy atom. The number of hydrogen-bond acceptors (Lipinski definition) is 3. The van der Waals surface area contributed by atoms with Crippen molar-refractivity contribution >= 4 is 17.0 Å². The predicted molar refractivity (Wildman–Crippen MR) is 90.4 cm³/mol. The number of rotatable bonds is 5. The van der Waals surface area contributed by atoms with Gasteiger partial charge in [0.2, 0.25) is 0 Å². The second-order valence-electron chi connectivity index (χ2n) is 5.63. The van der Waals surface area contributed by atoms with Crippen LogP contribution in [0.25, 0.3) is 11.0 Å². The lowest BCUT2D eigenvalue weighted by molar-refractivity contribution is -0.145. The number of carbonyl (C=O) groups excluding carboxylic acids is 1. The highest BCUT2D eigenvalue weighted by atomic mass is 16.5. The van der Waals surface area contributed by atoms with E-state index in [1.54, 1.807) is 0 Å². The number of nitrogens with one attached hydrogen (secondary N) is 1. The first-order chi connectivity index (χ1) is 11.2. The molecule has 23 heavy (non-hydrogen) atoms. The number of H-pyrrole nitrogens is 1. The lowest BCUT2D eigenvalue weighted by Crippen LogP contribution is -2.19. The van der Waals surface area contributed by atoms with Crippen molar-refractivity contribution in [1.29, 1.82) is 0 Å². The number of nitrogens with zero attached hydrogens (tertiary/aromatic N) is 1. The van der Waals surface area contributed by atoms with Crippen LogP contribution in [0.1, 0.15) is 29.8 Å². The molecule has 118 valence electrons. The molecule has 0 radical (unpaired) electrons. The van der Waals surface area contributed by atoms with Crippen LogP contribution in [0, 0.1) is 6.92 Å². The Morgan fingerprint density at radius 1 is 1.17 bits per heavy atom. The van der Waals surface area contributed by atoms with E-state index in [1.165, 1.54) is 5.56 Å². The van der Waals surface area contributed by atoms with Gasteiger partial charge in [0.25, 0.3) is 0 Å². The van der Waals surface area contributed by atoms with Crippen LogP contribution in [0.2, 0.25) is 0 Å². The standard InChI is InChI=1S/C19H20N2O2/c1-3-23-19(22)15(12-14-10-8-13(2)9-11-14)18-20-16-6-4-5-7-17(16)21-18/h4-11,15H,3,12H2,1-2H3,(H,20,21). The van der Waals surface area contributed by atoms with E-state index < -0.39 is 5.92 Å². The Kier molecular flexibility index (Phi) is 4.42. The van der Waals surface area contributed by atoms with Gasteiger partial charge in [-0.1, -0.05) is 42.0 Å². The van der Waals surface area contributed by atoms with Crippen molar-refractivity contribution < 1.29 is 9.53 Å². The zero-order chi connectivity index (χ0) is 16.2. The van der Waals surface area contributed by atoms with E-state index in [0.29, 0.717) is 18.9 Å². The minimum Gasteiger partial charge on any atom is -0.465 e. The predicted octanol–water partition coefficient (Wildman–Crippen LogP) is 3.76. The SMILES string of the molecule is CCOC(=O)C(Cc1ccc(C)cc1)c1nc2ccccc2[nH]1. The van der Waals surface area contributed by atoms with Crippen LogP contribution in [0.4, 0.5) is 0 Å². The van der Waals surface area contributed by atoms with Crippen LogP contribution in [-0.2, 0) is 16.0 Å². The van der Waals surface area contributed by atoms with Crippen molar-refractivity contribution in [2.24, 2.45) is 0 Å². The van der Waals surface area contributed by atoms with E-state index in [4.69, 9.17) is 4.74 Å². The summed E-state index contributed by atoms with van der Waals surface area (Å²) in [5, 5.41) is 0. The lowest BCUT2D eigenvalue weighted by atomic mass is 9.98. The number of ether oxygens (including phenoxy) is 1. The van der Waals surface area contributed by atoms with Gasteiger partial charge in [0.05, 0.1) is 17.6 Å². The molecule has 0 aliphatic heterocycles. The molecule has 0 aliphatic carbocycles. The number of carbonyl (C=O) groups is 1. The van der Waals surface area contributed by atoms with Gasteiger partial charge in [-0.25, -0.2) is 4.98 Å². The van der Waals surface area contributed by atoms with Crippen LogP contribution in [-0.4, -0.2) is 22.5 Å². The van der Waals surface area contributed by atoms with Gasteiger partial charge in [-0.15, -0.1) is 0 Å². The highest BCUT2D eigenvalue weighted by Gasteiger charge is 2.25. The Labute approximate surface area is 135 Å². The van der Waals surface area contributed by atoms with E-state index >= 15 is 0 Å². The van der Waals surface area contributed by atoms with Crippen LogP contribution in [0.5, 0.6) is 0 Å². The van der Waals surface area contributed by atoms with Crippen LogP contribution in [0.3, 0.4) is 0 Å². The molecule has 1 heterocycles. The van der Waals surface area contributed by atoms with Crippen LogP contribution < -0.4 is 0 Å². The summed E-state index contributed by atoms with van der Waals surface area (Å²) < 4.78 is 5.25. The fourth-order valence-corrected chi connectivity index (χ4v) is 2.63. The molecule has 3 rings (SSSR count). The number of hydrogen-bond donors (Lipinski definition) is 1. The molecule has 1 N–H and O–H groups in total. The third-order valence-electron chi connectivity index (χ3n) is 3.87. The van der Waals surface area contributed by atoms with Crippen molar-refractivity contribution in [2.45, 2.75) is 26.2 Å². The molecule has 0 amide bonds. The van der Waals surface area contributed by atoms with Crippen molar-refractivity contribution in [3.8, 4) is 0 Å². The fourth-order valence-electron chi connectivity index (χ4n) is 2.63. The summed E-state index contributed by atoms with van der Waals surface area (Å²) in [6.45, 7) is 4.23. The summed E-state index contributed by atoms with van der Waals surface area (Å²) in [7, 11) is 0. The molecule has 4 heteroatoms. The lowest BCUT2D eigenvalue weighted by Gasteiger charge is -2.13. The molecular formula is C19H20N2O2. The molecule has 1 aromatic heterocycles. The van der Waals surface area contributed by atoms with Gasteiger partial charge in [0.1, 0.15) is 11.7 Å². The molecule has 0 fully saturated rings. The van der Waals surface area contributed by atoms with Gasteiger partial charge in [0, 0.05) is 0 Å². The summed E-state index contributed by atoms with van der Waals surface area (Å²) >= 11 is 0. The van der Waals surface area contributed by atoms with E-state index in [2.05, 4.69) is 22.1 Å². The number of aromatic amines is 1. The van der Waals surface area contributed by atoms with Crippen LogP contribution in [0.15, 0.2) is 48.5 Å². The summed E-state index contributed by atoms with van der Waals surface area (Å²) in [5.41, 5.74) is 4.08. The van der Waals surface area contributed by atoms with E-state index in [1.807, 2.05) is 50.2 Å². The zero-order valence-electron chi connectivity index (χ0n) is 13.4. The average molecular weight is 308 g/mol. The first kappa shape index (κ1) is 15.3. The molecule has 0 aliphatic rings. The van der Waals surface area contributed by atoms with Gasteiger partial charge >= 0.3 is 5.97 Å². The monoisotopic (exact) mass is 308 g/mol. The maximum atomic E-state index is 12.4. The largest absolute Gasteiger partial charge is 0.465 e. The van der Waals surface area contributed by atoms with E-state index in [-0.39, 0.29) is 5.97 Å². The molecule has 1 unspecified atom stereocenters. The number of esters is 1. The molecule has 1 atom stereocenters. The van der Waals surface area contributed by atoms with Crippen molar-refractivity contribution in [3.63, 3.8) is 0 Å². The maximum absolute atomic E-state index is 12.4. The van der Waals surface area contributed by atoms with Crippen LogP contribution >= 0.6 is 0 Å². The van der Waals surface area contributed by atoms with E-state index in [9.17, 15) is 4.79 Å². The van der Waals surface area contributed by atoms with Gasteiger partial charge < -0.3 is 9.72 Å². The highest BCUT2D eigenvalue weighted by molar-refractivity contribution is 5.81. The minimum absolute atomic E-state index is 0.243. The molecule has 0 spiro atoms. The summed E-state index contributed by atoms with van der Waals surface area (Å²) in [4.78, 5) is 20.2. The average Bonchev–Trinajstić information content (AvgIpc) is 2.98. The summed E-state index contributed by atoms with van der Waals surface area (Å²) in [5.74, 6) is -0.0117. The number of para-hydroxylation sites is 2. The number of imidazole rings is 1. The maximum Gasteiger partial charge on any atom is 0.316 e. The van der Waals surface area contributed by atoms with Crippen molar-refractivity contribution in [3.05, 3.63) is 65.5 Å². The molecule has 3 aromatic rings. The number of aryl methyl sites for hydroxylation is 1. The second kappa shape index (κ2) is 6.65. The molecule has 0 bridgehead atoms. The van der Waals surface area contributed by atoms with Gasteiger partial charge in [-0.3, -0.25) is 4.79 Å². The Balaban J connectivity index is 1.94. The Bertz CT molecular complexity index is 773. The van der Waals surface area contributed by atoms with Gasteiger partial charge in [0.15, 0.2) is 0 Å². The zero-order valence-corrected chi connectivity index (χ0v) is 13.4. The number of aromatic nitrogens is 2. The Morgan fingerprint density at radius 2 is 1.91 bits per heavy atom. The molecule has 4 nitrogen and oxygen atoms in total. The van der Waals surface area contributed by atoms with Crippen molar-refractivity contribution in [2.75, 3.05) is 6.61 Å². The minimum atomic E-state index is -0.426. The third kappa shape index (κ3) is 3.42. The molecule has 0 saturated carbocycles. The third-order valence-corrected chi connectivity index (χ3v) is 3.87. The first-order valence-corrected chi connectivity index (χ1v) is 7.84. The van der Waals surface area contributed by atoms with E-state index in [0.717, 1.165) is 16.6 Å². The summed E-state index contributed by atoms with van der Waals surface area (Å²) in [6, 6.07) is 16.0. The molecule has 2 aromatic carbocycles. The van der Waals surface area contributed by atoms with Gasteiger partial charge in [-0.05, 0) is 38.0 Å². The normalized spacial score (nSPS) is 12.3. The smallest absolute Gasteiger partial charge is 0.316 e. The molecular weight excluding hydrogens is 288 g/mol. The second-order valence-corrected chi connectivity index (χ2v) is 5.63. The van der Waals surface area contributed by atoms with Gasteiger partial charge in [-0.2, -0.15) is 0 Å². The Hall–Kier alpha value is -2.62. The quantitative estimate of drug-likeness (QED) is 0.730. The first-order valence-electron chi connectivity index (χ1n) is 7.84. The highest BCUT2D eigenvalue weighted by Crippen LogP contribution is 2.23. The fraction of sp³-hybridized carbons (Fsp3) is 0.263. The number of benzene rings is 2. The number of fused-ring (bicyclic) bond motifs is 1.